The molecule has 0 aromatic heterocycles. The highest BCUT2D eigenvalue weighted by Gasteiger charge is 2.35. The number of benzene rings is 3. The monoisotopic (exact) mass is 623 g/mol. The van der Waals surface area contributed by atoms with Crippen LogP contribution in [0.2, 0.25) is 15.1 Å². The number of anilines is 1. The first-order valence-electron chi connectivity index (χ1n) is 12.6. The molecule has 0 fully saturated rings. The number of amides is 2. The first-order valence-corrected chi connectivity index (χ1v) is 15.2. The summed E-state index contributed by atoms with van der Waals surface area (Å²) in [7, 11) is -4.18. The van der Waals surface area contributed by atoms with Crippen LogP contribution in [0.25, 0.3) is 0 Å². The van der Waals surface area contributed by atoms with Gasteiger partial charge < -0.3 is 10.2 Å². The summed E-state index contributed by atoms with van der Waals surface area (Å²) < 4.78 is 28.6. The lowest BCUT2D eigenvalue weighted by Crippen LogP contribution is -2.55. The summed E-state index contributed by atoms with van der Waals surface area (Å²) in [5.41, 5.74) is 0.127. The average Bonchev–Trinajstić information content (AvgIpc) is 2.88. The van der Waals surface area contributed by atoms with Crippen LogP contribution >= 0.6 is 34.8 Å². The summed E-state index contributed by atoms with van der Waals surface area (Å²) in [6.45, 7) is 6.60. The molecule has 0 saturated carbocycles. The zero-order chi connectivity index (χ0) is 29.7. The molecule has 0 bridgehead atoms. The van der Waals surface area contributed by atoms with Crippen LogP contribution in [0.5, 0.6) is 0 Å². The molecule has 214 valence electrons. The van der Waals surface area contributed by atoms with Crippen molar-refractivity contribution in [1.82, 2.24) is 10.2 Å². The molecule has 3 aromatic carbocycles. The van der Waals surface area contributed by atoms with Crippen molar-refractivity contribution in [1.29, 1.82) is 0 Å². The second kappa shape index (κ2) is 13.3. The summed E-state index contributed by atoms with van der Waals surface area (Å²) in [5, 5.41) is 3.98. The molecule has 0 aliphatic carbocycles. The van der Waals surface area contributed by atoms with E-state index in [1.165, 1.54) is 29.2 Å². The van der Waals surface area contributed by atoms with E-state index in [1.807, 2.05) is 20.8 Å². The highest BCUT2D eigenvalue weighted by Crippen LogP contribution is 2.29. The smallest absolute Gasteiger partial charge is 0.264 e. The van der Waals surface area contributed by atoms with Gasteiger partial charge in [0.2, 0.25) is 11.8 Å². The minimum atomic E-state index is -4.18. The predicted octanol–water partition coefficient (Wildman–Crippen LogP) is 6.56. The van der Waals surface area contributed by atoms with Crippen molar-refractivity contribution in [2.75, 3.05) is 10.8 Å². The van der Waals surface area contributed by atoms with Gasteiger partial charge in [0.1, 0.15) is 12.6 Å². The van der Waals surface area contributed by atoms with Gasteiger partial charge in [-0.05, 0) is 75.7 Å². The van der Waals surface area contributed by atoms with Gasteiger partial charge in [-0.15, -0.1) is 0 Å². The molecule has 7 nitrogen and oxygen atoms in total. The molecule has 2 amide bonds. The average molecular weight is 625 g/mol. The maximum Gasteiger partial charge on any atom is 0.264 e. The molecule has 0 radical (unpaired) electrons. The molecule has 0 unspecified atom stereocenters. The van der Waals surface area contributed by atoms with Crippen molar-refractivity contribution >= 4 is 62.3 Å². The first kappa shape index (κ1) is 31.7. The topological polar surface area (TPSA) is 86.8 Å². The number of nitrogens with one attached hydrogen (secondary N) is 1. The summed E-state index contributed by atoms with van der Waals surface area (Å²) >= 11 is 18.9. The molecule has 1 atom stereocenters. The summed E-state index contributed by atoms with van der Waals surface area (Å²) in [5.74, 6) is -0.989. The van der Waals surface area contributed by atoms with Crippen LogP contribution in [0, 0.1) is 0 Å². The summed E-state index contributed by atoms with van der Waals surface area (Å²) in [6.07, 6.45) is 0.266. The third kappa shape index (κ3) is 7.91. The number of nitrogens with zero attached hydrogens (tertiary/aromatic N) is 2. The summed E-state index contributed by atoms with van der Waals surface area (Å²) in [6, 6.07) is 18.0. The molecule has 40 heavy (non-hydrogen) atoms. The number of halogens is 3. The van der Waals surface area contributed by atoms with Crippen LogP contribution in [0.4, 0.5) is 5.69 Å². The quantitative estimate of drug-likeness (QED) is 0.277. The molecule has 3 rings (SSSR count). The van der Waals surface area contributed by atoms with Crippen molar-refractivity contribution in [3.63, 3.8) is 0 Å². The summed E-state index contributed by atoms with van der Waals surface area (Å²) in [4.78, 5) is 28.8. The van der Waals surface area contributed by atoms with Crippen molar-refractivity contribution in [2.45, 2.75) is 57.1 Å². The second-order valence-electron chi connectivity index (χ2n) is 10.2. The minimum Gasteiger partial charge on any atom is -0.350 e. The Morgan fingerprint density at radius 3 is 1.98 bits per heavy atom. The number of sulfonamides is 1. The van der Waals surface area contributed by atoms with Gasteiger partial charge in [0, 0.05) is 32.7 Å². The van der Waals surface area contributed by atoms with E-state index in [-0.39, 0.29) is 29.5 Å². The Hall–Kier alpha value is -2.78. The van der Waals surface area contributed by atoms with Crippen LogP contribution in [0.15, 0.2) is 77.7 Å². The third-order valence-electron chi connectivity index (χ3n) is 6.00. The van der Waals surface area contributed by atoms with E-state index < -0.39 is 34.1 Å². The molecule has 11 heteroatoms. The standard InChI is InChI=1S/C29H32Cl3N3O4S/c1-5-26(28(37)33-29(2,3)4)34(18-23-24(31)12-9-13-25(23)32)27(36)19-35(21-16-14-20(30)15-17-21)40(38,39)22-10-7-6-8-11-22/h6-17,26H,5,18-19H2,1-4H3,(H,33,37)/t26-/m0/s1. The zero-order valence-electron chi connectivity index (χ0n) is 22.7. The van der Waals surface area contributed by atoms with Crippen molar-refractivity contribution in [3.05, 3.63) is 93.4 Å². The number of hydrogen-bond acceptors (Lipinski definition) is 4. The van der Waals surface area contributed by atoms with Crippen LogP contribution in [0.1, 0.15) is 39.7 Å². The van der Waals surface area contributed by atoms with E-state index in [4.69, 9.17) is 34.8 Å². The Labute approximate surface area is 251 Å². The van der Waals surface area contributed by atoms with Crippen LogP contribution < -0.4 is 9.62 Å². The third-order valence-corrected chi connectivity index (χ3v) is 8.75. The Kier molecular flexibility index (Phi) is 10.5. The van der Waals surface area contributed by atoms with Gasteiger partial charge in [0.15, 0.2) is 0 Å². The molecule has 3 aromatic rings. The van der Waals surface area contributed by atoms with E-state index in [0.717, 1.165) is 4.31 Å². The molecule has 0 aliphatic heterocycles. The molecular formula is C29H32Cl3N3O4S. The minimum absolute atomic E-state index is 0.0102. The van der Waals surface area contributed by atoms with E-state index in [9.17, 15) is 18.0 Å². The van der Waals surface area contributed by atoms with Gasteiger partial charge in [-0.2, -0.15) is 0 Å². The van der Waals surface area contributed by atoms with E-state index >= 15 is 0 Å². The fourth-order valence-corrected chi connectivity index (χ4v) is 6.16. The predicted molar refractivity (Wildman–Crippen MR) is 161 cm³/mol. The van der Waals surface area contributed by atoms with Gasteiger partial charge >= 0.3 is 0 Å². The lowest BCUT2D eigenvalue weighted by atomic mass is 10.1. The normalized spacial score (nSPS) is 12.5. The van der Waals surface area contributed by atoms with Crippen molar-refractivity contribution in [3.8, 4) is 0 Å². The number of rotatable bonds is 10. The lowest BCUT2D eigenvalue weighted by molar-refractivity contribution is -0.141. The molecular weight excluding hydrogens is 593 g/mol. The Morgan fingerprint density at radius 2 is 1.45 bits per heavy atom. The fraction of sp³-hybridized carbons (Fsp3) is 0.310. The van der Waals surface area contributed by atoms with E-state index in [0.29, 0.717) is 20.6 Å². The molecule has 0 aliphatic rings. The number of carbonyl (C=O) groups excluding carboxylic acids is 2. The van der Waals surface area contributed by atoms with Gasteiger partial charge in [-0.1, -0.05) is 66.0 Å². The highest BCUT2D eigenvalue weighted by atomic mass is 35.5. The Morgan fingerprint density at radius 1 is 0.875 bits per heavy atom. The van der Waals surface area contributed by atoms with E-state index in [1.54, 1.807) is 55.5 Å². The van der Waals surface area contributed by atoms with E-state index in [2.05, 4.69) is 5.32 Å². The van der Waals surface area contributed by atoms with Gasteiger partial charge in [-0.25, -0.2) is 8.42 Å². The zero-order valence-corrected chi connectivity index (χ0v) is 25.8. The largest absolute Gasteiger partial charge is 0.350 e. The maximum atomic E-state index is 14.1. The molecule has 0 saturated heterocycles. The SMILES string of the molecule is CC[C@@H](C(=O)NC(C)(C)C)N(Cc1c(Cl)cccc1Cl)C(=O)CN(c1ccc(Cl)cc1)S(=O)(=O)c1ccccc1. The number of carbonyl (C=O) groups is 2. The van der Waals surface area contributed by atoms with Gasteiger partial charge in [0.25, 0.3) is 10.0 Å². The Bertz CT molecular complexity index is 1420. The highest BCUT2D eigenvalue weighted by molar-refractivity contribution is 7.92. The maximum absolute atomic E-state index is 14.1. The van der Waals surface area contributed by atoms with Crippen LogP contribution in [0.3, 0.4) is 0 Å². The van der Waals surface area contributed by atoms with Crippen LogP contribution in [-0.4, -0.2) is 43.3 Å². The second-order valence-corrected chi connectivity index (χ2v) is 13.3. The first-order chi connectivity index (χ1) is 18.7. The van der Waals surface area contributed by atoms with Crippen LogP contribution in [-0.2, 0) is 26.2 Å². The molecule has 1 N–H and O–H groups in total. The van der Waals surface area contributed by atoms with Crippen molar-refractivity contribution < 1.29 is 18.0 Å². The fourth-order valence-electron chi connectivity index (χ4n) is 4.08. The van der Waals surface area contributed by atoms with Crippen molar-refractivity contribution in [2.24, 2.45) is 0 Å². The molecule has 0 heterocycles. The number of hydrogen-bond donors (Lipinski definition) is 1. The lowest BCUT2D eigenvalue weighted by Gasteiger charge is -2.35. The van der Waals surface area contributed by atoms with Gasteiger partial charge in [0.05, 0.1) is 10.6 Å². The molecule has 0 spiro atoms. The van der Waals surface area contributed by atoms with Gasteiger partial charge in [-0.3, -0.25) is 13.9 Å². The Balaban J connectivity index is 2.10.